The molecule has 0 radical (unpaired) electrons. The van der Waals surface area contributed by atoms with Crippen LogP contribution in [0.2, 0.25) is 0 Å². The molecule has 1 atom stereocenters. The Hall–Kier alpha value is -0.0800. The van der Waals surface area contributed by atoms with E-state index in [1.54, 1.807) is 0 Å². The maximum atomic E-state index is 5.77. The highest BCUT2D eigenvalue weighted by atomic mass is 127. The second-order valence-corrected chi connectivity index (χ2v) is 6.93. The predicted octanol–water partition coefficient (Wildman–Crippen LogP) is 2.40. The summed E-state index contributed by atoms with van der Waals surface area (Å²) in [5.41, 5.74) is 0. The van der Waals surface area contributed by atoms with Crippen LogP contribution in [0.4, 0.5) is 0 Å². The van der Waals surface area contributed by atoms with E-state index in [0.29, 0.717) is 6.10 Å². The molecule has 5 nitrogen and oxygen atoms in total. The number of nitrogens with zero attached hydrogens (tertiary/aromatic N) is 1. The third kappa shape index (κ3) is 6.74. The first kappa shape index (κ1) is 19.2. The highest BCUT2D eigenvalue weighted by Gasteiger charge is 2.41. The molecule has 2 N–H and O–H groups in total. The van der Waals surface area contributed by atoms with Crippen molar-refractivity contribution in [2.75, 3.05) is 40.0 Å². The second kappa shape index (κ2) is 10.0. The molecule has 0 bridgehead atoms. The summed E-state index contributed by atoms with van der Waals surface area (Å²) < 4.78 is 11.1. The van der Waals surface area contributed by atoms with Gasteiger partial charge in [0.05, 0.1) is 12.7 Å². The van der Waals surface area contributed by atoms with Gasteiger partial charge in [-0.05, 0) is 56.3 Å². The van der Waals surface area contributed by atoms with Gasteiger partial charge in [0.25, 0.3) is 0 Å². The average Bonchev–Trinajstić information content (AvgIpc) is 3.46. The number of hydrogen-bond donors (Lipinski definition) is 2. The normalized spacial score (nSPS) is 24.6. The van der Waals surface area contributed by atoms with Crippen LogP contribution in [0.15, 0.2) is 4.99 Å². The maximum absolute atomic E-state index is 5.77. The van der Waals surface area contributed by atoms with Gasteiger partial charge in [-0.15, -0.1) is 24.0 Å². The number of nitrogens with one attached hydrogen (secondary N) is 2. The summed E-state index contributed by atoms with van der Waals surface area (Å²) in [6.45, 7) is 4.41. The Labute approximate surface area is 157 Å². The Bertz CT molecular complexity index is 355. The number of aliphatic imine (C=N–C) groups is 1. The Kier molecular flexibility index (Phi) is 8.40. The summed E-state index contributed by atoms with van der Waals surface area (Å²) in [6, 6.07) is 0. The van der Waals surface area contributed by atoms with Crippen LogP contribution in [0, 0.1) is 17.8 Å². The van der Waals surface area contributed by atoms with Crippen LogP contribution in [0.3, 0.4) is 0 Å². The molecular formula is C17H32IN3O2. The smallest absolute Gasteiger partial charge is 0.190 e. The molecule has 3 rings (SSSR count). The van der Waals surface area contributed by atoms with Crippen LogP contribution in [0.25, 0.3) is 0 Å². The van der Waals surface area contributed by atoms with Crippen LogP contribution >= 0.6 is 24.0 Å². The molecule has 3 aliphatic rings. The zero-order chi connectivity index (χ0) is 15.2. The molecule has 2 saturated carbocycles. The summed E-state index contributed by atoms with van der Waals surface area (Å²) in [6.07, 6.45) is 8.13. The van der Waals surface area contributed by atoms with Crippen LogP contribution in [-0.4, -0.2) is 52.0 Å². The number of ether oxygens (including phenoxy) is 2. The van der Waals surface area contributed by atoms with E-state index in [2.05, 4.69) is 15.6 Å². The van der Waals surface area contributed by atoms with Gasteiger partial charge in [0.1, 0.15) is 0 Å². The quantitative estimate of drug-likeness (QED) is 0.252. The molecule has 0 aromatic rings. The van der Waals surface area contributed by atoms with Gasteiger partial charge in [-0.3, -0.25) is 4.99 Å². The zero-order valence-corrected chi connectivity index (χ0v) is 16.6. The van der Waals surface area contributed by atoms with Crippen molar-refractivity contribution in [1.82, 2.24) is 10.6 Å². The summed E-state index contributed by atoms with van der Waals surface area (Å²) in [5, 5.41) is 6.92. The van der Waals surface area contributed by atoms with E-state index in [1.165, 1.54) is 25.7 Å². The van der Waals surface area contributed by atoms with Crippen molar-refractivity contribution >= 4 is 29.9 Å². The van der Waals surface area contributed by atoms with Gasteiger partial charge in [-0.1, -0.05) is 0 Å². The molecule has 2 aliphatic carbocycles. The number of hydrogen-bond acceptors (Lipinski definition) is 3. The molecular weight excluding hydrogens is 405 g/mol. The van der Waals surface area contributed by atoms with Crippen molar-refractivity contribution in [2.24, 2.45) is 22.7 Å². The van der Waals surface area contributed by atoms with Crippen molar-refractivity contribution in [3.05, 3.63) is 0 Å². The molecule has 3 fully saturated rings. The molecule has 1 aliphatic heterocycles. The summed E-state index contributed by atoms with van der Waals surface area (Å²) >= 11 is 0. The lowest BCUT2D eigenvalue weighted by Gasteiger charge is -2.19. The first-order valence-corrected chi connectivity index (χ1v) is 9.00. The SMILES string of the molecule is CN=C(NCCCOC1CCOC1)NCC(C1CC1)C1CC1.I. The van der Waals surface area contributed by atoms with E-state index in [-0.39, 0.29) is 24.0 Å². The Morgan fingerprint density at radius 3 is 2.48 bits per heavy atom. The fourth-order valence-electron chi connectivity index (χ4n) is 3.38. The van der Waals surface area contributed by atoms with Crippen molar-refractivity contribution in [1.29, 1.82) is 0 Å². The van der Waals surface area contributed by atoms with Gasteiger partial charge >= 0.3 is 0 Å². The third-order valence-electron chi connectivity index (χ3n) is 5.04. The van der Waals surface area contributed by atoms with E-state index >= 15 is 0 Å². The van der Waals surface area contributed by atoms with Crippen molar-refractivity contribution in [3.8, 4) is 0 Å². The molecule has 1 heterocycles. The van der Waals surface area contributed by atoms with Gasteiger partial charge in [0.2, 0.25) is 0 Å². The highest BCUT2D eigenvalue weighted by Crippen LogP contribution is 2.48. The maximum Gasteiger partial charge on any atom is 0.190 e. The molecule has 0 aromatic carbocycles. The summed E-state index contributed by atoms with van der Waals surface area (Å²) in [7, 11) is 1.85. The minimum absolute atomic E-state index is 0. The highest BCUT2D eigenvalue weighted by molar-refractivity contribution is 14.0. The number of guanidine groups is 1. The lowest BCUT2D eigenvalue weighted by Crippen LogP contribution is -2.41. The van der Waals surface area contributed by atoms with Crippen LogP contribution in [0.1, 0.15) is 38.5 Å². The van der Waals surface area contributed by atoms with E-state index in [0.717, 1.165) is 69.5 Å². The standard InChI is InChI=1S/C17H31N3O2.HI/c1-18-17(19-8-2-9-22-15-7-10-21-12-15)20-11-16(13-3-4-13)14-5-6-14;/h13-16H,2-12H2,1H3,(H2,18,19,20);1H. The van der Waals surface area contributed by atoms with Crippen LogP contribution < -0.4 is 10.6 Å². The summed E-state index contributed by atoms with van der Waals surface area (Å²) in [5.74, 6) is 3.79. The van der Waals surface area contributed by atoms with Crippen LogP contribution in [-0.2, 0) is 9.47 Å². The second-order valence-electron chi connectivity index (χ2n) is 6.93. The van der Waals surface area contributed by atoms with Crippen molar-refractivity contribution < 1.29 is 9.47 Å². The van der Waals surface area contributed by atoms with Gasteiger partial charge < -0.3 is 20.1 Å². The van der Waals surface area contributed by atoms with E-state index < -0.39 is 0 Å². The Balaban J connectivity index is 0.00000192. The third-order valence-corrected chi connectivity index (χ3v) is 5.04. The van der Waals surface area contributed by atoms with Crippen molar-refractivity contribution in [2.45, 2.75) is 44.6 Å². The Morgan fingerprint density at radius 1 is 1.17 bits per heavy atom. The Morgan fingerprint density at radius 2 is 1.91 bits per heavy atom. The summed E-state index contributed by atoms with van der Waals surface area (Å²) in [4.78, 5) is 4.33. The molecule has 134 valence electrons. The van der Waals surface area contributed by atoms with Crippen molar-refractivity contribution in [3.63, 3.8) is 0 Å². The molecule has 23 heavy (non-hydrogen) atoms. The largest absolute Gasteiger partial charge is 0.379 e. The lowest BCUT2D eigenvalue weighted by atomic mass is 9.98. The minimum atomic E-state index is 0. The van der Waals surface area contributed by atoms with Crippen LogP contribution in [0.5, 0.6) is 0 Å². The average molecular weight is 437 g/mol. The monoisotopic (exact) mass is 437 g/mol. The first-order valence-electron chi connectivity index (χ1n) is 9.00. The van der Waals surface area contributed by atoms with Gasteiger partial charge in [-0.2, -0.15) is 0 Å². The molecule has 6 heteroatoms. The minimum Gasteiger partial charge on any atom is -0.379 e. The zero-order valence-electron chi connectivity index (χ0n) is 14.3. The number of halogens is 1. The molecule has 0 amide bonds. The molecule has 0 spiro atoms. The topological polar surface area (TPSA) is 54.9 Å². The van der Waals surface area contributed by atoms with E-state index in [9.17, 15) is 0 Å². The lowest BCUT2D eigenvalue weighted by molar-refractivity contribution is 0.0420. The molecule has 0 aromatic heterocycles. The first-order chi connectivity index (χ1) is 10.9. The van der Waals surface area contributed by atoms with E-state index in [1.807, 2.05) is 7.05 Å². The fraction of sp³-hybridized carbons (Fsp3) is 0.941. The fourth-order valence-corrected chi connectivity index (χ4v) is 3.38. The van der Waals surface area contributed by atoms with Gasteiger partial charge in [-0.25, -0.2) is 0 Å². The van der Waals surface area contributed by atoms with Gasteiger partial charge in [0.15, 0.2) is 5.96 Å². The van der Waals surface area contributed by atoms with E-state index in [4.69, 9.17) is 9.47 Å². The van der Waals surface area contributed by atoms with Gasteiger partial charge in [0, 0.05) is 33.4 Å². The molecule has 1 saturated heterocycles. The predicted molar refractivity (Wildman–Crippen MR) is 104 cm³/mol. The number of rotatable bonds is 9. The molecule has 1 unspecified atom stereocenters.